The zero-order chi connectivity index (χ0) is 14.8. The lowest BCUT2D eigenvalue weighted by Crippen LogP contribution is -2.26. The van der Waals surface area contributed by atoms with Gasteiger partial charge in [-0.15, -0.1) is 0 Å². The third kappa shape index (κ3) is 2.36. The topological polar surface area (TPSA) is 30.5 Å². The fourth-order valence-corrected chi connectivity index (χ4v) is 2.96. The highest BCUT2D eigenvalue weighted by atomic mass is 19.1. The summed E-state index contributed by atoms with van der Waals surface area (Å²) in [6, 6.07) is 13.0. The zero-order valence-electron chi connectivity index (χ0n) is 12.1. The molecule has 0 spiro atoms. The van der Waals surface area contributed by atoms with Gasteiger partial charge in [0.1, 0.15) is 5.75 Å². The summed E-state index contributed by atoms with van der Waals surface area (Å²) < 4.78 is 25.3. The molecular weight excluding hydrogens is 269 g/mol. The normalized spacial score (nSPS) is 18.0. The van der Waals surface area contributed by atoms with E-state index in [1.54, 1.807) is 12.1 Å². The van der Waals surface area contributed by atoms with E-state index >= 15 is 0 Å². The first-order chi connectivity index (χ1) is 10.3. The molecule has 110 valence electrons. The highest BCUT2D eigenvalue weighted by molar-refractivity contribution is 5.43. The fraction of sp³-hybridized carbons (Fsp3) is 0.294. The van der Waals surface area contributed by atoms with Crippen molar-refractivity contribution in [2.45, 2.75) is 12.0 Å². The monoisotopic (exact) mass is 287 g/mol. The van der Waals surface area contributed by atoms with Gasteiger partial charge in [-0.2, -0.15) is 0 Å². The van der Waals surface area contributed by atoms with Gasteiger partial charge >= 0.3 is 0 Å². The van der Waals surface area contributed by atoms with Crippen LogP contribution in [0.15, 0.2) is 42.5 Å². The van der Waals surface area contributed by atoms with Crippen LogP contribution in [0.1, 0.15) is 23.1 Å². The van der Waals surface area contributed by atoms with Crippen LogP contribution in [0.5, 0.6) is 11.5 Å². The van der Waals surface area contributed by atoms with Crippen LogP contribution in [0.25, 0.3) is 0 Å². The molecule has 1 heterocycles. The van der Waals surface area contributed by atoms with Gasteiger partial charge < -0.3 is 14.8 Å². The highest BCUT2D eigenvalue weighted by Gasteiger charge is 2.33. The molecule has 4 heteroatoms. The molecule has 0 fully saturated rings. The van der Waals surface area contributed by atoms with Gasteiger partial charge in [-0.3, -0.25) is 0 Å². The number of hydrogen-bond acceptors (Lipinski definition) is 3. The molecule has 2 atom stereocenters. The third-order valence-corrected chi connectivity index (χ3v) is 4.00. The quantitative estimate of drug-likeness (QED) is 0.936. The minimum atomic E-state index is -0.316. The number of halogens is 1. The minimum Gasteiger partial charge on any atom is -0.494 e. The lowest BCUT2D eigenvalue weighted by atomic mass is 9.88. The molecule has 0 bridgehead atoms. The van der Waals surface area contributed by atoms with Crippen molar-refractivity contribution in [2.75, 3.05) is 20.8 Å². The first-order valence-electron chi connectivity index (χ1n) is 6.97. The van der Waals surface area contributed by atoms with E-state index in [1.807, 2.05) is 37.4 Å². The number of nitrogens with one attached hydrogen (secondary N) is 1. The summed E-state index contributed by atoms with van der Waals surface area (Å²) in [7, 11) is 3.31. The first kappa shape index (κ1) is 13.9. The van der Waals surface area contributed by atoms with E-state index in [2.05, 4.69) is 5.32 Å². The average molecular weight is 287 g/mol. The number of likely N-dealkylation sites (N-methyl/N-ethyl adjacent to an activating group) is 1. The van der Waals surface area contributed by atoms with Crippen molar-refractivity contribution in [3.05, 3.63) is 59.4 Å². The van der Waals surface area contributed by atoms with Gasteiger partial charge in [-0.1, -0.05) is 30.3 Å². The van der Waals surface area contributed by atoms with Crippen LogP contribution < -0.4 is 14.8 Å². The molecule has 2 aromatic carbocycles. The summed E-state index contributed by atoms with van der Waals surface area (Å²) in [4.78, 5) is 0. The molecule has 1 aliphatic rings. The number of para-hydroxylation sites is 1. The third-order valence-electron chi connectivity index (χ3n) is 4.00. The van der Waals surface area contributed by atoms with Gasteiger partial charge in [0, 0.05) is 23.1 Å². The number of ether oxygens (including phenoxy) is 2. The van der Waals surface area contributed by atoms with Gasteiger partial charge in [-0.25, -0.2) is 4.39 Å². The Morgan fingerprint density at radius 3 is 2.81 bits per heavy atom. The molecule has 0 saturated carbocycles. The van der Waals surface area contributed by atoms with Crippen LogP contribution in [0.2, 0.25) is 0 Å². The maximum atomic E-state index is 14.5. The molecule has 1 aliphatic heterocycles. The van der Waals surface area contributed by atoms with E-state index in [0.29, 0.717) is 12.2 Å². The fourth-order valence-electron chi connectivity index (χ4n) is 2.96. The Kier molecular flexibility index (Phi) is 3.80. The summed E-state index contributed by atoms with van der Waals surface area (Å²) in [5.41, 5.74) is 1.71. The molecule has 0 aliphatic carbocycles. The average Bonchev–Trinajstić information content (AvgIpc) is 2.94. The second-order valence-corrected chi connectivity index (χ2v) is 5.09. The summed E-state index contributed by atoms with van der Waals surface area (Å²) in [5.74, 6) is 0.905. The number of benzene rings is 2. The van der Waals surface area contributed by atoms with Crippen LogP contribution in [-0.4, -0.2) is 20.8 Å². The molecule has 0 aromatic heterocycles. The van der Waals surface area contributed by atoms with Crippen LogP contribution in [-0.2, 0) is 0 Å². The molecule has 3 nitrogen and oxygen atoms in total. The van der Waals surface area contributed by atoms with E-state index in [-0.39, 0.29) is 23.5 Å². The minimum absolute atomic E-state index is 0.0767. The Labute approximate surface area is 123 Å². The van der Waals surface area contributed by atoms with Crippen LogP contribution in [0.4, 0.5) is 4.39 Å². The predicted octanol–water partition coefficient (Wildman–Crippen LogP) is 3.27. The predicted molar refractivity (Wildman–Crippen MR) is 79.4 cm³/mol. The number of fused-ring (bicyclic) bond motifs is 1. The van der Waals surface area contributed by atoms with Gasteiger partial charge in [-0.05, 0) is 19.2 Å². The van der Waals surface area contributed by atoms with Crippen molar-refractivity contribution in [1.29, 1.82) is 0 Å². The molecule has 0 radical (unpaired) electrons. The molecular formula is C17H18FNO2. The summed E-state index contributed by atoms with van der Waals surface area (Å²) in [6.07, 6.45) is 0. The van der Waals surface area contributed by atoms with Crippen molar-refractivity contribution in [3.63, 3.8) is 0 Å². The molecule has 2 aromatic rings. The highest BCUT2D eigenvalue weighted by Crippen LogP contribution is 2.42. The largest absolute Gasteiger partial charge is 0.494 e. The van der Waals surface area contributed by atoms with Crippen LogP contribution >= 0.6 is 0 Å². The Balaban J connectivity index is 2.01. The lowest BCUT2D eigenvalue weighted by molar-refractivity contribution is 0.300. The van der Waals surface area contributed by atoms with E-state index in [0.717, 1.165) is 11.3 Å². The van der Waals surface area contributed by atoms with Crippen molar-refractivity contribution >= 4 is 0 Å². The smallest absolute Gasteiger partial charge is 0.169 e. The molecule has 0 amide bonds. The maximum Gasteiger partial charge on any atom is 0.169 e. The van der Waals surface area contributed by atoms with Crippen LogP contribution in [0, 0.1) is 5.82 Å². The van der Waals surface area contributed by atoms with Crippen molar-refractivity contribution in [1.82, 2.24) is 5.32 Å². The van der Waals surface area contributed by atoms with Crippen LogP contribution in [0.3, 0.4) is 0 Å². The first-order valence-corrected chi connectivity index (χ1v) is 6.97. The van der Waals surface area contributed by atoms with Crippen molar-refractivity contribution in [2.24, 2.45) is 0 Å². The van der Waals surface area contributed by atoms with Crippen molar-refractivity contribution in [3.8, 4) is 11.5 Å². The molecule has 2 unspecified atom stereocenters. The Hall–Kier alpha value is -2.07. The number of hydrogen-bond donors (Lipinski definition) is 1. The molecule has 21 heavy (non-hydrogen) atoms. The van der Waals surface area contributed by atoms with E-state index < -0.39 is 0 Å². The Bertz CT molecular complexity index is 644. The van der Waals surface area contributed by atoms with Gasteiger partial charge in [0.15, 0.2) is 11.6 Å². The summed E-state index contributed by atoms with van der Waals surface area (Å²) in [6.45, 7) is 0.543. The molecule has 0 saturated heterocycles. The maximum absolute atomic E-state index is 14.5. The second kappa shape index (κ2) is 5.74. The Morgan fingerprint density at radius 1 is 1.24 bits per heavy atom. The van der Waals surface area contributed by atoms with Crippen molar-refractivity contribution < 1.29 is 13.9 Å². The number of rotatable bonds is 4. The summed E-state index contributed by atoms with van der Waals surface area (Å²) >= 11 is 0. The summed E-state index contributed by atoms with van der Waals surface area (Å²) in [5, 5.41) is 3.22. The van der Waals surface area contributed by atoms with Gasteiger partial charge in [0.25, 0.3) is 0 Å². The molecule has 1 N–H and O–H groups in total. The van der Waals surface area contributed by atoms with Gasteiger partial charge in [0.05, 0.1) is 13.7 Å². The SMILES string of the molecule is CNC(c1cccc(OC)c1F)C1COc2ccccc21. The van der Waals surface area contributed by atoms with Gasteiger partial charge in [0.2, 0.25) is 0 Å². The van der Waals surface area contributed by atoms with E-state index in [4.69, 9.17) is 9.47 Å². The lowest BCUT2D eigenvalue weighted by Gasteiger charge is -2.24. The van der Waals surface area contributed by atoms with E-state index in [9.17, 15) is 4.39 Å². The Morgan fingerprint density at radius 2 is 2.05 bits per heavy atom. The second-order valence-electron chi connectivity index (χ2n) is 5.09. The van der Waals surface area contributed by atoms with E-state index in [1.165, 1.54) is 7.11 Å². The zero-order valence-corrected chi connectivity index (χ0v) is 12.1. The number of methoxy groups -OCH3 is 1. The standard InChI is InChI=1S/C17H18FNO2/c1-19-17(12-7-5-9-15(20-2)16(12)18)13-10-21-14-8-4-3-6-11(13)14/h3-9,13,17,19H,10H2,1-2H3. The molecule has 3 rings (SSSR count).